The van der Waals surface area contributed by atoms with Crippen molar-refractivity contribution in [2.24, 2.45) is 0 Å². The van der Waals surface area contributed by atoms with Crippen LogP contribution in [0.1, 0.15) is 27.8 Å². The number of hydrogen-bond acceptors (Lipinski definition) is 2. The molecule has 0 saturated carbocycles. The van der Waals surface area contributed by atoms with E-state index in [0.717, 1.165) is 37.0 Å². The van der Waals surface area contributed by atoms with E-state index < -0.39 is 5.41 Å². The van der Waals surface area contributed by atoms with Gasteiger partial charge in [0, 0.05) is 16.1 Å². The van der Waals surface area contributed by atoms with Gasteiger partial charge in [-0.1, -0.05) is 57.9 Å². The Morgan fingerprint density at radius 3 is 2.50 bits per heavy atom. The van der Waals surface area contributed by atoms with Crippen molar-refractivity contribution in [3.8, 4) is 0 Å². The molecule has 136 valence electrons. The molecule has 28 heavy (non-hydrogen) atoms. The first kappa shape index (κ1) is 17.1. The molecule has 0 saturated heterocycles. The molecule has 1 aliphatic carbocycles. The Kier molecular flexibility index (Phi) is 3.68. The Morgan fingerprint density at radius 2 is 1.71 bits per heavy atom. The van der Waals surface area contributed by atoms with Gasteiger partial charge in [0.2, 0.25) is 11.4 Å². The van der Waals surface area contributed by atoms with Crippen molar-refractivity contribution in [3.05, 3.63) is 110 Å². The summed E-state index contributed by atoms with van der Waals surface area (Å²) in [6, 6.07) is 21.1. The third-order valence-corrected chi connectivity index (χ3v) is 6.08. The molecule has 1 atom stereocenters. The lowest BCUT2D eigenvalue weighted by molar-refractivity contribution is -0.357. The summed E-state index contributed by atoms with van der Waals surface area (Å²) in [5, 5.41) is 13.5. The van der Waals surface area contributed by atoms with E-state index in [2.05, 4.69) is 15.9 Å². The third kappa shape index (κ3) is 2.15. The smallest absolute Gasteiger partial charge is 0.223 e. The second kappa shape index (κ2) is 6.01. The quantitative estimate of drug-likeness (QED) is 0.389. The highest BCUT2D eigenvalue weighted by Gasteiger charge is 2.59. The minimum atomic E-state index is -1.15. The van der Waals surface area contributed by atoms with E-state index in [4.69, 9.17) is 0 Å². The monoisotopic (exact) mass is 429 g/mol. The zero-order chi connectivity index (χ0) is 19.5. The lowest BCUT2D eigenvalue weighted by atomic mass is 9.64. The number of halogens is 1. The summed E-state index contributed by atoms with van der Waals surface area (Å²) in [6.07, 6.45) is 3.44. The minimum Gasteiger partial charge on any atom is -0.618 e. The van der Waals surface area contributed by atoms with Gasteiger partial charge < -0.3 is 5.21 Å². The van der Waals surface area contributed by atoms with E-state index in [1.54, 1.807) is 6.08 Å². The van der Waals surface area contributed by atoms with Gasteiger partial charge in [0.25, 0.3) is 0 Å². The van der Waals surface area contributed by atoms with Crippen molar-refractivity contribution < 1.29 is 9.53 Å². The molecule has 3 nitrogen and oxygen atoms in total. The lowest BCUT2D eigenvalue weighted by Crippen LogP contribution is -2.45. The number of ketones is 1. The van der Waals surface area contributed by atoms with Gasteiger partial charge >= 0.3 is 0 Å². The summed E-state index contributed by atoms with van der Waals surface area (Å²) in [7, 11) is 0. The van der Waals surface area contributed by atoms with Gasteiger partial charge in [-0.15, -0.1) is 0 Å². The largest absolute Gasteiger partial charge is 0.618 e. The maximum atomic E-state index is 13.6. The molecular weight excluding hydrogens is 414 g/mol. The first-order valence-electron chi connectivity index (χ1n) is 9.07. The second-order valence-electron chi connectivity index (χ2n) is 7.21. The Hall–Kier alpha value is -2.98. The summed E-state index contributed by atoms with van der Waals surface area (Å²) in [6.45, 7) is 1.98. The van der Waals surface area contributed by atoms with Gasteiger partial charge in [0.05, 0.1) is 5.56 Å². The van der Waals surface area contributed by atoms with Gasteiger partial charge in [-0.05, 0) is 54.5 Å². The molecule has 0 N–H and O–H groups in total. The van der Waals surface area contributed by atoms with Crippen LogP contribution in [0.5, 0.6) is 0 Å². The van der Waals surface area contributed by atoms with Crippen LogP contribution in [0, 0.1) is 12.1 Å². The standard InChI is InChI=1S/C24H16BrNO2/c1-15-7-11-21-20(13-15)24(23(26(21)28)17-5-3-2-4-6-17)19-14-18(25)10-8-16(19)9-12-22(24)27/h2-14H,1H3/t24-/m0/s1. The van der Waals surface area contributed by atoms with Crippen LogP contribution in [-0.2, 0) is 10.2 Å². The number of nitrogens with zero attached hydrogens (tertiary/aromatic N) is 1. The summed E-state index contributed by atoms with van der Waals surface area (Å²) in [5.74, 6) is -0.0952. The fourth-order valence-electron chi connectivity index (χ4n) is 4.40. The van der Waals surface area contributed by atoms with Gasteiger partial charge in [-0.25, -0.2) is 0 Å². The molecule has 0 radical (unpaired) electrons. The molecule has 2 aliphatic rings. The van der Waals surface area contributed by atoms with Crippen LogP contribution < -0.4 is 0 Å². The first-order chi connectivity index (χ1) is 13.5. The molecule has 1 spiro atoms. The third-order valence-electron chi connectivity index (χ3n) is 5.58. The average molecular weight is 430 g/mol. The number of aryl methyl sites for hydroxylation is 1. The van der Waals surface area contributed by atoms with Gasteiger partial charge in [-0.2, -0.15) is 4.74 Å². The molecule has 0 fully saturated rings. The molecule has 1 heterocycles. The van der Waals surface area contributed by atoms with E-state index in [9.17, 15) is 10.0 Å². The molecule has 1 aliphatic heterocycles. The van der Waals surface area contributed by atoms with Crippen molar-refractivity contribution in [1.29, 1.82) is 0 Å². The van der Waals surface area contributed by atoms with Crippen molar-refractivity contribution in [3.63, 3.8) is 0 Å². The van der Waals surface area contributed by atoms with Crippen LogP contribution in [0.25, 0.3) is 6.08 Å². The Balaban J connectivity index is 1.97. The second-order valence-corrected chi connectivity index (χ2v) is 8.12. The zero-order valence-electron chi connectivity index (χ0n) is 15.1. The van der Waals surface area contributed by atoms with Crippen molar-refractivity contribution in [1.82, 2.24) is 0 Å². The van der Waals surface area contributed by atoms with Crippen molar-refractivity contribution in [2.45, 2.75) is 12.3 Å². The predicted molar refractivity (Wildman–Crippen MR) is 114 cm³/mol. The molecule has 3 aromatic carbocycles. The highest BCUT2D eigenvalue weighted by molar-refractivity contribution is 9.10. The Bertz CT molecular complexity index is 1210. The summed E-state index contributed by atoms with van der Waals surface area (Å²) < 4.78 is 1.81. The Labute approximate surface area is 171 Å². The van der Waals surface area contributed by atoms with Crippen LogP contribution in [0.15, 0.2) is 77.3 Å². The van der Waals surface area contributed by atoms with Gasteiger partial charge in [-0.3, -0.25) is 4.79 Å². The van der Waals surface area contributed by atoms with E-state index in [1.807, 2.05) is 79.7 Å². The van der Waals surface area contributed by atoms with Crippen molar-refractivity contribution >= 4 is 39.2 Å². The number of carbonyl (C=O) groups is 1. The van der Waals surface area contributed by atoms with E-state index in [-0.39, 0.29) is 5.78 Å². The number of hydrogen-bond donors (Lipinski definition) is 0. The van der Waals surface area contributed by atoms with Crippen LogP contribution in [0.2, 0.25) is 0 Å². The number of fused-ring (bicyclic) bond motifs is 4. The highest BCUT2D eigenvalue weighted by Crippen LogP contribution is 2.50. The number of allylic oxidation sites excluding steroid dienone is 1. The topological polar surface area (TPSA) is 43.1 Å². The number of benzene rings is 3. The zero-order valence-corrected chi connectivity index (χ0v) is 16.7. The summed E-state index contributed by atoms with van der Waals surface area (Å²) in [5.41, 5.74) is 4.12. The normalized spacial score (nSPS) is 19.9. The van der Waals surface area contributed by atoms with Crippen molar-refractivity contribution in [2.75, 3.05) is 0 Å². The molecule has 0 aromatic heterocycles. The first-order valence-corrected chi connectivity index (χ1v) is 9.86. The fraction of sp³-hybridized carbons (Fsp3) is 0.0833. The molecule has 0 amide bonds. The lowest BCUT2D eigenvalue weighted by Gasteiger charge is -2.31. The van der Waals surface area contributed by atoms with Gasteiger partial charge in [0.1, 0.15) is 0 Å². The molecule has 5 rings (SSSR count). The molecule has 0 bridgehead atoms. The van der Waals surface area contributed by atoms with E-state index in [0.29, 0.717) is 11.4 Å². The molecule has 0 unspecified atom stereocenters. The van der Waals surface area contributed by atoms with Crippen LogP contribution in [0.4, 0.5) is 5.69 Å². The van der Waals surface area contributed by atoms with Gasteiger partial charge in [0.15, 0.2) is 11.2 Å². The number of rotatable bonds is 1. The maximum absolute atomic E-state index is 13.6. The van der Waals surface area contributed by atoms with Crippen LogP contribution >= 0.6 is 15.9 Å². The number of carbonyl (C=O) groups excluding carboxylic acids is 1. The summed E-state index contributed by atoms with van der Waals surface area (Å²) >= 11 is 3.55. The molecular formula is C24H16BrNO2. The predicted octanol–water partition coefficient (Wildman–Crippen LogP) is 5.28. The van der Waals surface area contributed by atoms with E-state index in [1.165, 1.54) is 0 Å². The molecule has 3 aromatic rings. The fourth-order valence-corrected chi connectivity index (χ4v) is 4.76. The van der Waals surface area contributed by atoms with E-state index >= 15 is 0 Å². The summed E-state index contributed by atoms with van der Waals surface area (Å²) in [4.78, 5) is 13.6. The average Bonchev–Trinajstić information content (AvgIpc) is 2.95. The Morgan fingerprint density at radius 1 is 0.929 bits per heavy atom. The highest BCUT2D eigenvalue weighted by atomic mass is 79.9. The maximum Gasteiger partial charge on any atom is 0.223 e. The van der Waals surface area contributed by atoms with Crippen LogP contribution in [0.3, 0.4) is 0 Å². The van der Waals surface area contributed by atoms with Crippen LogP contribution in [-0.4, -0.2) is 16.2 Å². The minimum absolute atomic E-state index is 0.0952. The SMILES string of the molecule is Cc1ccc2c(c1)[C@@]1(C(=O)C=Cc3ccc(Br)cc31)C(c1ccccc1)=[N+]2[O-]. The molecule has 4 heteroatoms.